The Morgan fingerprint density at radius 1 is 1.56 bits per heavy atom. The lowest BCUT2D eigenvalue weighted by atomic mass is 10.3. The zero-order chi connectivity index (χ0) is 13.5. The van der Waals surface area contributed by atoms with Crippen molar-refractivity contribution in [3.8, 4) is 0 Å². The molecule has 18 heavy (non-hydrogen) atoms. The van der Waals surface area contributed by atoms with Crippen LogP contribution in [0.2, 0.25) is 0 Å². The number of aryl methyl sites for hydroxylation is 1. The van der Waals surface area contributed by atoms with Gasteiger partial charge in [0.1, 0.15) is 5.00 Å². The number of carboxylic acids is 1. The molecule has 7 heteroatoms. The number of methoxy groups -OCH3 is 1. The van der Waals surface area contributed by atoms with Crippen molar-refractivity contribution in [3.63, 3.8) is 0 Å². The van der Waals surface area contributed by atoms with Crippen molar-refractivity contribution in [2.75, 3.05) is 30.5 Å². The Balaban J connectivity index is 2.51. The quantitative estimate of drug-likeness (QED) is 0.752. The first kappa shape index (κ1) is 15.0. The molecule has 0 aliphatic heterocycles. The Labute approximate surface area is 114 Å². The zero-order valence-corrected chi connectivity index (χ0v) is 11.8. The van der Waals surface area contributed by atoms with E-state index in [1.807, 2.05) is 0 Å². The number of thioether (sulfide) groups is 1. The summed E-state index contributed by atoms with van der Waals surface area (Å²) in [6, 6.07) is 1.56. The molecule has 0 atom stereocenters. The summed E-state index contributed by atoms with van der Waals surface area (Å²) in [5, 5.41) is 12.0. The molecule has 1 heterocycles. The molecule has 0 fully saturated rings. The van der Waals surface area contributed by atoms with Crippen LogP contribution >= 0.6 is 23.1 Å². The summed E-state index contributed by atoms with van der Waals surface area (Å²) in [6.07, 6.45) is 0. The Kier molecular flexibility index (Phi) is 6.17. The fourth-order valence-electron chi connectivity index (χ4n) is 1.24. The molecular formula is C11H15NO4S2. The van der Waals surface area contributed by atoms with Gasteiger partial charge < -0.3 is 15.2 Å². The molecule has 1 aromatic rings. The number of hydrogen-bond acceptors (Lipinski definition) is 5. The van der Waals surface area contributed by atoms with Crippen LogP contribution in [0.3, 0.4) is 0 Å². The van der Waals surface area contributed by atoms with E-state index in [9.17, 15) is 9.59 Å². The molecule has 0 radical (unpaired) electrons. The maximum Gasteiger partial charge on any atom is 0.338 e. The second kappa shape index (κ2) is 7.40. The van der Waals surface area contributed by atoms with E-state index in [0.29, 0.717) is 17.4 Å². The fourth-order valence-corrected chi connectivity index (χ4v) is 2.84. The van der Waals surface area contributed by atoms with Gasteiger partial charge in [-0.25, -0.2) is 4.79 Å². The number of aromatic carboxylic acids is 1. The molecule has 0 aliphatic carbocycles. The van der Waals surface area contributed by atoms with Gasteiger partial charge >= 0.3 is 5.97 Å². The van der Waals surface area contributed by atoms with E-state index in [2.05, 4.69) is 5.32 Å². The molecule has 0 spiro atoms. The molecule has 0 aliphatic rings. The van der Waals surface area contributed by atoms with Crippen LogP contribution in [0, 0.1) is 6.92 Å². The van der Waals surface area contributed by atoms with Crippen molar-refractivity contribution in [2.24, 2.45) is 0 Å². The summed E-state index contributed by atoms with van der Waals surface area (Å²) in [4.78, 5) is 23.4. The minimum absolute atomic E-state index is 0.146. The minimum Gasteiger partial charge on any atom is -0.478 e. The molecule has 100 valence electrons. The number of ether oxygens (including phenoxy) is 1. The third kappa shape index (κ3) is 4.67. The third-order valence-corrected chi connectivity index (χ3v) is 3.89. The van der Waals surface area contributed by atoms with Crippen LogP contribution in [0.5, 0.6) is 0 Å². The first-order chi connectivity index (χ1) is 8.54. The van der Waals surface area contributed by atoms with Crippen LogP contribution < -0.4 is 5.32 Å². The van der Waals surface area contributed by atoms with Gasteiger partial charge in [0.25, 0.3) is 0 Å². The van der Waals surface area contributed by atoms with Gasteiger partial charge in [0, 0.05) is 17.7 Å². The first-order valence-electron chi connectivity index (χ1n) is 5.25. The number of carboxylic acid groups (broad SMARTS) is 1. The number of carbonyl (C=O) groups excluding carboxylic acids is 1. The van der Waals surface area contributed by atoms with Gasteiger partial charge in [-0.2, -0.15) is 0 Å². The summed E-state index contributed by atoms with van der Waals surface area (Å²) in [7, 11) is 1.61. The molecule has 0 saturated heterocycles. The second-order valence-corrected chi connectivity index (χ2v) is 5.86. The average molecular weight is 289 g/mol. The van der Waals surface area contributed by atoms with E-state index in [4.69, 9.17) is 9.84 Å². The van der Waals surface area contributed by atoms with E-state index in [1.165, 1.54) is 23.1 Å². The van der Waals surface area contributed by atoms with E-state index in [0.717, 1.165) is 10.6 Å². The standard InChI is InChI=1S/C11H15NO4S2/c1-7-5-8(11(14)15)10(18-7)12-9(13)6-17-4-3-16-2/h5H,3-4,6H2,1-2H3,(H,12,13)(H,14,15). The van der Waals surface area contributed by atoms with Crippen molar-refractivity contribution >= 4 is 40.0 Å². The molecule has 1 aromatic heterocycles. The molecule has 1 rings (SSSR count). The summed E-state index contributed by atoms with van der Waals surface area (Å²) < 4.78 is 4.87. The molecule has 0 bridgehead atoms. The lowest BCUT2D eigenvalue weighted by molar-refractivity contribution is -0.113. The highest BCUT2D eigenvalue weighted by Gasteiger charge is 2.15. The number of nitrogens with one attached hydrogen (secondary N) is 1. The number of rotatable bonds is 7. The van der Waals surface area contributed by atoms with Gasteiger partial charge in [0.2, 0.25) is 5.91 Å². The molecule has 0 aromatic carbocycles. The SMILES string of the molecule is COCCSCC(=O)Nc1sc(C)cc1C(=O)O. The maximum atomic E-state index is 11.6. The number of carbonyl (C=O) groups is 2. The van der Waals surface area contributed by atoms with Crippen LogP contribution in [-0.2, 0) is 9.53 Å². The highest BCUT2D eigenvalue weighted by atomic mass is 32.2. The van der Waals surface area contributed by atoms with Crippen LogP contribution in [0.15, 0.2) is 6.07 Å². The summed E-state index contributed by atoms with van der Waals surface area (Å²) >= 11 is 2.71. The largest absolute Gasteiger partial charge is 0.478 e. The Morgan fingerprint density at radius 3 is 2.89 bits per heavy atom. The smallest absolute Gasteiger partial charge is 0.338 e. The monoisotopic (exact) mass is 289 g/mol. The van der Waals surface area contributed by atoms with Gasteiger partial charge in [-0.3, -0.25) is 4.79 Å². The van der Waals surface area contributed by atoms with Crippen LogP contribution in [0.1, 0.15) is 15.2 Å². The number of anilines is 1. The first-order valence-corrected chi connectivity index (χ1v) is 7.22. The van der Waals surface area contributed by atoms with Gasteiger partial charge in [-0.1, -0.05) is 0 Å². The van der Waals surface area contributed by atoms with Crippen molar-refractivity contribution in [1.29, 1.82) is 0 Å². The minimum atomic E-state index is -1.03. The lowest BCUT2D eigenvalue weighted by Crippen LogP contribution is -2.15. The number of thiophene rings is 1. The van der Waals surface area contributed by atoms with Crippen LogP contribution in [0.25, 0.3) is 0 Å². The van der Waals surface area contributed by atoms with E-state index in [-0.39, 0.29) is 11.5 Å². The van der Waals surface area contributed by atoms with Crippen molar-refractivity contribution < 1.29 is 19.4 Å². The lowest BCUT2D eigenvalue weighted by Gasteiger charge is -2.03. The number of hydrogen-bond donors (Lipinski definition) is 2. The van der Waals surface area contributed by atoms with E-state index >= 15 is 0 Å². The Hall–Kier alpha value is -1.05. The second-order valence-electron chi connectivity index (χ2n) is 3.50. The summed E-state index contributed by atoms with van der Waals surface area (Å²) in [5.41, 5.74) is 0.146. The van der Waals surface area contributed by atoms with Gasteiger partial charge in [0.05, 0.1) is 17.9 Å². The highest BCUT2D eigenvalue weighted by molar-refractivity contribution is 7.99. The molecule has 1 amide bonds. The molecule has 2 N–H and O–H groups in total. The average Bonchev–Trinajstić information content (AvgIpc) is 2.66. The van der Waals surface area contributed by atoms with Crippen LogP contribution in [0.4, 0.5) is 5.00 Å². The Bertz CT molecular complexity index is 431. The summed E-state index contributed by atoms with van der Waals surface area (Å²) in [5.74, 6) is -0.194. The van der Waals surface area contributed by atoms with Crippen molar-refractivity contribution in [2.45, 2.75) is 6.92 Å². The highest BCUT2D eigenvalue weighted by Crippen LogP contribution is 2.27. The number of amides is 1. The fraction of sp³-hybridized carbons (Fsp3) is 0.455. The van der Waals surface area contributed by atoms with Crippen molar-refractivity contribution in [1.82, 2.24) is 0 Å². The third-order valence-electron chi connectivity index (χ3n) is 2.00. The normalized spacial score (nSPS) is 10.3. The molecule has 0 saturated carbocycles. The predicted molar refractivity (Wildman–Crippen MR) is 73.8 cm³/mol. The molecule has 5 nitrogen and oxygen atoms in total. The van der Waals surface area contributed by atoms with Crippen molar-refractivity contribution in [3.05, 3.63) is 16.5 Å². The van der Waals surface area contributed by atoms with Gasteiger partial charge in [-0.15, -0.1) is 23.1 Å². The zero-order valence-electron chi connectivity index (χ0n) is 10.2. The van der Waals surface area contributed by atoms with Gasteiger partial charge in [-0.05, 0) is 13.0 Å². The van der Waals surface area contributed by atoms with E-state index in [1.54, 1.807) is 20.1 Å². The topological polar surface area (TPSA) is 75.6 Å². The summed E-state index contributed by atoms with van der Waals surface area (Å²) in [6.45, 7) is 2.40. The Morgan fingerprint density at radius 2 is 2.28 bits per heavy atom. The van der Waals surface area contributed by atoms with E-state index < -0.39 is 5.97 Å². The molecule has 0 unspecified atom stereocenters. The van der Waals surface area contributed by atoms with Crippen LogP contribution in [-0.4, -0.2) is 42.2 Å². The predicted octanol–water partition coefficient (Wildman–Crippen LogP) is 2.07. The maximum absolute atomic E-state index is 11.6. The van der Waals surface area contributed by atoms with Gasteiger partial charge in [0.15, 0.2) is 0 Å². The molecular weight excluding hydrogens is 274 g/mol.